The second-order valence-corrected chi connectivity index (χ2v) is 11.2. The van der Waals surface area contributed by atoms with Crippen molar-refractivity contribution in [1.82, 2.24) is 0 Å². The number of benzene rings is 4. The molecule has 13 heteroatoms. The van der Waals surface area contributed by atoms with E-state index < -0.39 is 23.9 Å². The van der Waals surface area contributed by atoms with Gasteiger partial charge in [0.1, 0.15) is 34.5 Å². The minimum atomic E-state index is -0.595. The highest BCUT2D eigenvalue weighted by Gasteiger charge is 2.06. The number of ether oxygens (including phenoxy) is 9. The minimum Gasteiger partial charge on any atom is -0.457 e. The molecule has 0 N–H and O–H groups in total. The number of esters is 4. The molecule has 0 fully saturated rings. The van der Waals surface area contributed by atoms with Gasteiger partial charge in [-0.05, 0) is 110 Å². The highest BCUT2D eigenvalue weighted by Crippen LogP contribution is 2.26. The second-order valence-electron chi connectivity index (χ2n) is 11.2. The van der Waals surface area contributed by atoms with Crippen LogP contribution in [0, 0.1) is 0 Å². The maximum atomic E-state index is 12.1. The number of carbonyl (C=O) groups excluding carboxylic acids is 4. The molecule has 4 rings (SSSR count). The largest absolute Gasteiger partial charge is 0.457 e. The molecule has 284 valence electrons. The fourth-order valence-electron chi connectivity index (χ4n) is 3.98. The first-order valence-corrected chi connectivity index (χ1v) is 16.5. The Bertz CT molecular complexity index is 1830. The van der Waals surface area contributed by atoms with Gasteiger partial charge in [-0.25, -0.2) is 19.2 Å². The van der Waals surface area contributed by atoms with Crippen molar-refractivity contribution in [2.24, 2.45) is 0 Å². The van der Waals surface area contributed by atoms with Crippen LogP contribution >= 0.6 is 0 Å². The summed E-state index contributed by atoms with van der Waals surface area (Å²) >= 11 is 0. The van der Waals surface area contributed by atoms with E-state index in [9.17, 15) is 19.2 Å². The second kappa shape index (κ2) is 21.3. The Labute approximate surface area is 317 Å². The van der Waals surface area contributed by atoms with Gasteiger partial charge in [-0.15, -0.1) is 0 Å². The molecule has 0 radical (unpaired) electrons. The first kappa shape index (κ1) is 40.5. The number of hydrogen-bond donors (Lipinski definition) is 0. The molecule has 4 aromatic rings. The van der Waals surface area contributed by atoms with E-state index in [1.807, 2.05) is 0 Å². The van der Waals surface area contributed by atoms with Crippen LogP contribution < -0.4 is 23.7 Å². The van der Waals surface area contributed by atoms with Gasteiger partial charge in [0.05, 0.1) is 0 Å². The van der Waals surface area contributed by atoms with E-state index in [1.165, 1.54) is 12.2 Å². The summed E-state index contributed by atoms with van der Waals surface area (Å²) in [6.07, 6.45) is 5.68. The van der Waals surface area contributed by atoms with E-state index in [2.05, 4.69) is 13.2 Å². The van der Waals surface area contributed by atoms with Crippen LogP contribution in [0.4, 0.5) is 0 Å². The Morgan fingerprint density at radius 3 is 1.02 bits per heavy atom. The fourth-order valence-corrected chi connectivity index (χ4v) is 3.98. The molecule has 0 bridgehead atoms. The average Bonchev–Trinajstić information content (AvgIpc) is 3.18. The van der Waals surface area contributed by atoms with Gasteiger partial charge < -0.3 is 42.6 Å². The van der Waals surface area contributed by atoms with E-state index in [0.29, 0.717) is 34.5 Å². The molecule has 0 aromatic heterocycles. The van der Waals surface area contributed by atoms with Crippen LogP contribution in [-0.4, -0.2) is 51.0 Å². The summed E-state index contributed by atoms with van der Waals surface area (Å²) in [5.74, 6) is 0.712. The normalized spacial score (nSPS) is 10.6. The van der Waals surface area contributed by atoms with Crippen molar-refractivity contribution >= 4 is 36.0 Å². The maximum absolute atomic E-state index is 12.1. The topological polar surface area (TPSA) is 151 Å². The molecule has 0 saturated carbocycles. The van der Waals surface area contributed by atoms with Gasteiger partial charge in [-0.2, -0.15) is 0 Å². The Hall–Kier alpha value is -7.28. The van der Waals surface area contributed by atoms with Gasteiger partial charge in [-0.3, -0.25) is 0 Å². The van der Waals surface area contributed by atoms with E-state index in [4.69, 9.17) is 42.6 Å². The van der Waals surface area contributed by atoms with Gasteiger partial charge in [0.2, 0.25) is 27.2 Å². The van der Waals surface area contributed by atoms with Crippen molar-refractivity contribution in [1.29, 1.82) is 0 Å². The third-order valence-corrected chi connectivity index (χ3v) is 6.85. The van der Waals surface area contributed by atoms with E-state index >= 15 is 0 Å². The van der Waals surface area contributed by atoms with Crippen LogP contribution in [0.25, 0.3) is 12.2 Å². The smallest absolute Gasteiger partial charge is 0.335 e. The van der Waals surface area contributed by atoms with Gasteiger partial charge in [0.25, 0.3) is 0 Å². The fraction of sp³-hybridized carbons (Fsp3) is 0.143. The Balaban J connectivity index is 1.09. The number of carbonyl (C=O) groups is 4. The van der Waals surface area contributed by atoms with Crippen LogP contribution in [0.2, 0.25) is 0 Å². The number of hydrogen-bond acceptors (Lipinski definition) is 13. The SMILES string of the molecule is C=C(C)C(=O)OCOc1ccc(/C=C/C(=O)OCOc2ccc(Oc3ccc(OCOC(=O)/C=C/c4ccc(OCOC(=O)C(=C)C)cc4)cc3)cc2)cc1. The lowest BCUT2D eigenvalue weighted by molar-refractivity contribution is -0.146. The molecule has 4 aromatic carbocycles. The Morgan fingerprint density at radius 1 is 0.436 bits per heavy atom. The Morgan fingerprint density at radius 2 is 0.709 bits per heavy atom. The molecule has 0 amide bonds. The predicted molar refractivity (Wildman–Crippen MR) is 200 cm³/mol. The summed E-state index contributed by atoms with van der Waals surface area (Å²) in [6.45, 7) is 9.00. The van der Waals surface area contributed by atoms with Gasteiger partial charge in [0.15, 0.2) is 0 Å². The molecule has 0 spiro atoms. The van der Waals surface area contributed by atoms with Crippen molar-refractivity contribution in [3.63, 3.8) is 0 Å². The first-order valence-electron chi connectivity index (χ1n) is 16.5. The summed E-state index contributed by atoms with van der Waals surface area (Å²) < 4.78 is 47.5. The Kier molecular flexibility index (Phi) is 15.7. The average molecular weight is 751 g/mol. The zero-order valence-corrected chi connectivity index (χ0v) is 30.1. The lowest BCUT2D eigenvalue weighted by Crippen LogP contribution is -2.10. The summed E-state index contributed by atoms with van der Waals surface area (Å²) in [5.41, 5.74) is 2.01. The zero-order chi connectivity index (χ0) is 39.4. The molecule has 0 atom stereocenters. The molecule has 0 unspecified atom stereocenters. The van der Waals surface area contributed by atoms with Gasteiger partial charge in [-0.1, -0.05) is 37.4 Å². The highest BCUT2D eigenvalue weighted by atomic mass is 16.7. The third kappa shape index (κ3) is 15.1. The van der Waals surface area contributed by atoms with Crippen molar-refractivity contribution in [3.05, 3.63) is 145 Å². The maximum Gasteiger partial charge on any atom is 0.335 e. The van der Waals surface area contributed by atoms with E-state index in [-0.39, 0.29) is 38.3 Å². The van der Waals surface area contributed by atoms with Crippen LogP contribution in [0.3, 0.4) is 0 Å². The minimum absolute atomic E-state index is 0.241. The molecule has 0 aliphatic rings. The zero-order valence-electron chi connectivity index (χ0n) is 30.1. The molecule has 55 heavy (non-hydrogen) atoms. The number of rotatable bonds is 20. The molecule has 13 nitrogen and oxygen atoms in total. The van der Waals surface area contributed by atoms with Crippen molar-refractivity contribution in [3.8, 4) is 34.5 Å². The standard InChI is InChI=1S/C42H38O13/c1-29(2)41(45)53-27-49-33-11-5-31(6-12-33)9-23-39(43)51-25-47-35-15-19-37(20-16-35)55-38-21-17-36(18-22-38)48-26-52-40(44)24-10-32-7-13-34(14-8-32)50-28-54-42(46)30(3)4/h5-24H,1,3,25-28H2,2,4H3/b23-9+,24-10+. The summed E-state index contributed by atoms with van der Waals surface area (Å²) in [6, 6.07) is 27.0. The monoisotopic (exact) mass is 750 g/mol. The van der Waals surface area contributed by atoms with Gasteiger partial charge in [0, 0.05) is 23.3 Å². The van der Waals surface area contributed by atoms with Crippen LogP contribution in [-0.2, 0) is 38.1 Å². The molecule has 0 aliphatic carbocycles. The molecule has 0 saturated heterocycles. The molecule has 0 aliphatic heterocycles. The summed E-state index contributed by atoms with van der Waals surface area (Å²) in [5, 5.41) is 0. The predicted octanol–water partition coefficient (Wildman–Crippen LogP) is 7.58. The summed E-state index contributed by atoms with van der Waals surface area (Å²) in [4.78, 5) is 47.0. The van der Waals surface area contributed by atoms with Gasteiger partial charge >= 0.3 is 23.9 Å². The third-order valence-electron chi connectivity index (χ3n) is 6.85. The van der Waals surface area contributed by atoms with Crippen molar-refractivity contribution < 1.29 is 61.8 Å². The van der Waals surface area contributed by atoms with Crippen LogP contribution in [0.5, 0.6) is 34.5 Å². The molecular formula is C42H38O13. The van der Waals surface area contributed by atoms with E-state index in [1.54, 1.807) is 123 Å². The highest BCUT2D eigenvalue weighted by molar-refractivity contribution is 5.88. The van der Waals surface area contributed by atoms with E-state index in [0.717, 1.165) is 11.1 Å². The lowest BCUT2D eigenvalue weighted by Gasteiger charge is -2.10. The molecule has 0 heterocycles. The molecular weight excluding hydrogens is 712 g/mol. The summed E-state index contributed by atoms with van der Waals surface area (Å²) in [7, 11) is 0. The quantitative estimate of drug-likeness (QED) is 0.0378. The van der Waals surface area contributed by atoms with Crippen molar-refractivity contribution in [2.75, 3.05) is 27.2 Å². The lowest BCUT2D eigenvalue weighted by atomic mass is 10.2. The first-order chi connectivity index (χ1) is 26.5. The van der Waals surface area contributed by atoms with Crippen LogP contribution in [0.15, 0.2) is 134 Å². The van der Waals surface area contributed by atoms with Crippen molar-refractivity contribution in [2.45, 2.75) is 13.8 Å². The van der Waals surface area contributed by atoms with Crippen LogP contribution in [0.1, 0.15) is 25.0 Å².